The molecule has 1 saturated heterocycles. The average molecular weight is 537 g/mol. The molecule has 3 atom stereocenters. The van der Waals surface area contributed by atoms with E-state index in [9.17, 15) is 14.7 Å². The van der Waals surface area contributed by atoms with Gasteiger partial charge in [0.15, 0.2) is 0 Å². The van der Waals surface area contributed by atoms with Crippen LogP contribution in [0.15, 0.2) is 47.6 Å². The van der Waals surface area contributed by atoms with E-state index in [1.807, 2.05) is 35.4 Å². The van der Waals surface area contributed by atoms with Crippen LogP contribution in [0.1, 0.15) is 68.9 Å². The van der Waals surface area contributed by atoms with Crippen LogP contribution in [-0.2, 0) is 16.0 Å². The van der Waals surface area contributed by atoms with Crippen LogP contribution >= 0.6 is 0 Å². The Morgan fingerprint density at radius 1 is 1.21 bits per heavy atom. The first-order chi connectivity index (χ1) is 19.0. The molecule has 3 heterocycles. The van der Waals surface area contributed by atoms with Crippen LogP contribution in [0.25, 0.3) is 0 Å². The van der Waals surface area contributed by atoms with Crippen LogP contribution in [0.2, 0.25) is 0 Å². The number of carboxylic acid groups (broad SMARTS) is 1. The fraction of sp³-hybridized carbons (Fsp3) is 0.581. The van der Waals surface area contributed by atoms with E-state index in [4.69, 9.17) is 10.5 Å². The number of allylic oxidation sites excluding steroid dienone is 3. The predicted octanol–water partition coefficient (Wildman–Crippen LogP) is 4.15. The Morgan fingerprint density at radius 2 is 2.05 bits per heavy atom. The molecular formula is C31H44N4O4. The van der Waals surface area contributed by atoms with Crippen molar-refractivity contribution in [1.82, 2.24) is 9.80 Å². The Morgan fingerprint density at radius 3 is 2.85 bits per heavy atom. The van der Waals surface area contributed by atoms with Crippen molar-refractivity contribution in [1.29, 1.82) is 0 Å². The van der Waals surface area contributed by atoms with Gasteiger partial charge in [0.25, 0.3) is 0 Å². The van der Waals surface area contributed by atoms with Crippen LogP contribution in [0, 0.1) is 5.92 Å². The molecule has 0 unspecified atom stereocenters. The second kappa shape index (κ2) is 14.4. The van der Waals surface area contributed by atoms with Gasteiger partial charge in [0, 0.05) is 49.9 Å². The van der Waals surface area contributed by atoms with Gasteiger partial charge in [0.05, 0.1) is 19.1 Å². The molecule has 0 aromatic heterocycles. The van der Waals surface area contributed by atoms with E-state index in [0.717, 1.165) is 67.5 Å². The largest absolute Gasteiger partial charge is 0.493 e. The number of unbranched alkanes of at least 4 members (excludes halogenated alkanes) is 1. The van der Waals surface area contributed by atoms with Crippen molar-refractivity contribution in [2.45, 2.75) is 70.3 Å². The van der Waals surface area contributed by atoms with Crippen molar-refractivity contribution >= 4 is 17.6 Å². The quantitative estimate of drug-likeness (QED) is 0.392. The van der Waals surface area contributed by atoms with Gasteiger partial charge in [-0.25, -0.2) is 0 Å². The third kappa shape index (κ3) is 7.57. The summed E-state index contributed by atoms with van der Waals surface area (Å²) >= 11 is 0. The van der Waals surface area contributed by atoms with Crippen molar-refractivity contribution < 1.29 is 19.4 Å². The van der Waals surface area contributed by atoms with E-state index in [0.29, 0.717) is 39.2 Å². The Balaban J connectivity index is 1.58. The summed E-state index contributed by atoms with van der Waals surface area (Å²) in [6.45, 7) is 5.44. The lowest BCUT2D eigenvalue weighted by Crippen LogP contribution is -2.45. The van der Waals surface area contributed by atoms with E-state index in [1.54, 1.807) is 0 Å². The van der Waals surface area contributed by atoms with Gasteiger partial charge in [-0.2, -0.15) is 0 Å². The summed E-state index contributed by atoms with van der Waals surface area (Å²) < 4.78 is 5.69. The van der Waals surface area contributed by atoms with Crippen LogP contribution in [0.3, 0.4) is 0 Å². The molecule has 3 N–H and O–H groups in total. The van der Waals surface area contributed by atoms with E-state index in [1.165, 1.54) is 0 Å². The van der Waals surface area contributed by atoms with Crippen molar-refractivity contribution in [3.63, 3.8) is 0 Å². The summed E-state index contributed by atoms with van der Waals surface area (Å²) in [5, 5.41) is 10.5. The van der Waals surface area contributed by atoms with Gasteiger partial charge >= 0.3 is 5.97 Å². The summed E-state index contributed by atoms with van der Waals surface area (Å²) in [6, 6.07) is 5.85. The first-order valence-electron chi connectivity index (χ1n) is 14.6. The number of amides is 1. The van der Waals surface area contributed by atoms with Gasteiger partial charge < -0.3 is 20.5 Å². The summed E-state index contributed by atoms with van der Waals surface area (Å²) in [5.74, 6) is -0.643. The molecule has 1 aromatic rings. The number of likely N-dealkylation sites (tertiary alicyclic amines) is 1. The van der Waals surface area contributed by atoms with Crippen LogP contribution in [-0.4, -0.2) is 77.9 Å². The Hall–Kier alpha value is -2.97. The number of carbonyl (C=O) groups is 2. The molecule has 0 spiro atoms. The summed E-state index contributed by atoms with van der Waals surface area (Å²) in [5.41, 5.74) is 8.99. The van der Waals surface area contributed by atoms with Crippen molar-refractivity contribution in [2.24, 2.45) is 16.6 Å². The maximum atomic E-state index is 13.6. The number of benzene rings is 1. The molecule has 8 heteroatoms. The molecule has 3 aliphatic rings. The molecule has 0 bridgehead atoms. The zero-order valence-corrected chi connectivity index (χ0v) is 23.3. The van der Waals surface area contributed by atoms with Gasteiger partial charge in [-0.3, -0.25) is 19.5 Å². The third-order valence-corrected chi connectivity index (χ3v) is 8.20. The van der Waals surface area contributed by atoms with E-state index in [2.05, 4.69) is 29.0 Å². The highest BCUT2D eigenvalue weighted by Crippen LogP contribution is 2.41. The molecule has 3 aliphatic heterocycles. The van der Waals surface area contributed by atoms with Gasteiger partial charge in [0.1, 0.15) is 5.75 Å². The number of hydrogen-bond donors (Lipinski definition) is 2. The van der Waals surface area contributed by atoms with Crippen LogP contribution in [0.5, 0.6) is 5.75 Å². The number of aliphatic carboxylic acids is 1. The second-order valence-electron chi connectivity index (χ2n) is 10.9. The van der Waals surface area contributed by atoms with Gasteiger partial charge in [-0.15, -0.1) is 0 Å². The van der Waals surface area contributed by atoms with Crippen LogP contribution < -0.4 is 10.5 Å². The highest BCUT2D eigenvalue weighted by atomic mass is 16.5. The minimum absolute atomic E-state index is 0.0606. The molecule has 1 fully saturated rings. The number of aliphatic imine (C=N–C) groups is 1. The zero-order chi connectivity index (χ0) is 27.6. The minimum atomic E-state index is -0.801. The molecule has 0 radical (unpaired) electrons. The standard InChI is InChI=1S/C31H44N4O4/c1-2-3-17-34(18-8-15-32)29(36)22-35-21-26(23-10-13-28-24(20-23)14-19-39-28)30(31(37)38)27(35)12-11-25-9-6-4-5-7-16-33-25/h4-5,7,10,13,16,20,26-27,30H,2-3,6,8-9,11-12,14-15,17-19,21-22,32H2,1H3,(H,37,38)/b5-4-,16-7-,33-25?/t26-,27+,30-/m1/s1. The number of nitrogens with zero attached hydrogens (tertiary/aromatic N) is 3. The normalized spacial score (nSPS) is 24.3. The highest BCUT2D eigenvalue weighted by molar-refractivity contribution is 5.85. The third-order valence-electron chi connectivity index (χ3n) is 8.20. The number of hydrogen-bond acceptors (Lipinski definition) is 6. The number of carbonyl (C=O) groups excluding carboxylic acids is 1. The molecular weight excluding hydrogens is 492 g/mol. The predicted molar refractivity (Wildman–Crippen MR) is 154 cm³/mol. The fourth-order valence-corrected chi connectivity index (χ4v) is 6.08. The van der Waals surface area contributed by atoms with E-state index >= 15 is 0 Å². The molecule has 212 valence electrons. The summed E-state index contributed by atoms with van der Waals surface area (Å²) in [6.07, 6.45) is 14.6. The monoisotopic (exact) mass is 536 g/mol. The average Bonchev–Trinajstić information content (AvgIpc) is 3.52. The van der Waals surface area contributed by atoms with E-state index < -0.39 is 11.9 Å². The first-order valence-corrected chi connectivity index (χ1v) is 14.6. The fourth-order valence-electron chi connectivity index (χ4n) is 6.08. The topological polar surface area (TPSA) is 108 Å². The molecule has 8 nitrogen and oxygen atoms in total. The van der Waals surface area contributed by atoms with Crippen molar-refractivity contribution in [2.75, 3.05) is 39.3 Å². The van der Waals surface area contributed by atoms with E-state index in [-0.39, 0.29) is 24.4 Å². The number of nitrogens with two attached hydrogens (primary N) is 1. The first kappa shape index (κ1) is 29.0. The van der Waals surface area contributed by atoms with Crippen molar-refractivity contribution in [3.8, 4) is 5.75 Å². The van der Waals surface area contributed by atoms with Crippen molar-refractivity contribution in [3.05, 3.63) is 53.8 Å². The molecule has 39 heavy (non-hydrogen) atoms. The van der Waals surface area contributed by atoms with Gasteiger partial charge in [-0.1, -0.05) is 37.6 Å². The smallest absolute Gasteiger partial charge is 0.308 e. The molecule has 0 aliphatic carbocycles. The minimum Gasteiger partial charge on any atom is -0.493 e. The number of carboxylic acids is 1. The molecule has 4 rings (SSSR count). The molecule has 0 saturated carbocycles. The zero-order valence-electron chi connectivity index (χ0n) is 23.3. The maximum Gasteiger partial charge on any atom is 0.308 e. The Labute approximate surface area is 232 Å². The molecule has 1 amide bonds. The lowest BCUT2D eigenvalue weighted by molar-refractivity contribution is -0.143. The number of fused-ring (bicyclic) bond motifs is 1. The summed E-state index contributed by atoms with van der Waals surface area (Å²) in [4.78, 5) is 35.1. The van der Waals surface area contributed by atoms with Crippen LogP contribution in [0.4, 0.5) is 0 Å². The summed E-state index contributed by atoms with van der Waals surface area (Å²) in [7, 11) is 0. The second-order valence-corrected chi connectivity index (χ2v) is 10.9. The molecule has 1 aromatic carbocycles. The van der Waals surface area contributed by atoms with Gasteiger partial charge in [0.2, 0.25) is 5.91 Å². The Kier molecular flexibility index (Phi) is 10.7. The lowest BCUT2D eigenvalue weighted by Gasteiger charge is -2.30. The lowest BCUT2D eigenvalue weighted by atomic mass is 9.83. The van der Waals surface area contributed by atoms with Gasteiger partial charge in [-0.05, 0) is 68.3 Å². The Bertz CT molecular complexity index is 1070. The number of rotatable bonds is 13. The maximum absolute atomic E-state index is 13.6. The SMILES string of the molecule is CCCCN(CCCN)C(=O)CN1C[C@H](c2ccc3c(c2)CCO3)[C@@H](C(=O)O)[C@@H]1CCC1=N/C=C\C=C/CC1. The highest BCUT2D eigenvalue weighted by Gasteiger charge is 2.47. The number of ether oxygens (including phenoxy) is 1.